The van der Waals surface area contributed by atoms with Crippen LogP contribution in [0.4, 0.5) is 0 Å². The normalized spacial score (nSPS) is 10.0. The number of carbonyl (C=O) groups is 2. The van der Waals surface area contributed by atoms with Gasteiger partial charge in [0.15, 0.2) is 0 Å². The van der Waals surface area contributed by atoms with Crippen LogP contribution >= 0.6 is 0 Å². The quantitative estimate of drug-likeness (QED) is 0.359. The van der Waals surface area contributed by atoms with Crippen LogP contribution in [-0.2, 0) is 9.59 Å². The first-order valence-corrected chi connectivity index (χ1v) is 8.51. The van der Waals surface area contributed by atoms with E-state index in [0.29, 0.717) is 0 Å². The number of amides is 2. The van der Waals surface area contributed by atoms with Gasteiger partial charge >= 0.3 is 0 Å². The first-order valence-electron chi connectivity index (χ1n) is 8.51. The molecule has 0 atom stereocenters. The Kier molecular flexibility index (Phi) is 14.7. The molecule has 0 bridgehead atoms. The Labute approximate surface area is 135 Å². The van der Waals surface area contributed by atoms with Gasteiger partial charge in [0, 0.05) is 13.1 Å². The van der Waals surface area contributed by atoms with Gasteiger partial charge in [-0.25, -0.2) is 0 Å². The SMILES string of the molecule is C=CC(=O)NCCCCCCCCCCCCNC(=O)C=C. The molecule has 2 N–H and O–H groups in total. The lowest BCUT2D eigenvalue weighted by atomic mass is 10.1. The maximum atomic E-state index is 10.9. The maximum Gasteiger partial charge on any atom is 0.243 e. The number of rotatable bonds is 15. The van der Waals surface area contributed by atoms with Crippen LogP contribution in [0.2, 0.25) is 0 Å². The molecule has 0 spiro atoms. The fourth-order valence-corrected chi connectivity index (χ4v) is 2.23. The molecule has 0 aromatic carbocycles. The number of unbranched alkanes of at least 4 members (excludes halogenated alkanes) is 9. The smallest absolute Gasteiger partial charge is 0.243 e. The van der Waals surface area contributed by atoms with Crippen LogP contribution in [0.25, 0.3) is 0 Å². The monoisotopic (exact) mass is 308 g/mol. The van der Waals surface area contributed by atoms with Crippen molar-refractivity contribution in [2.24, 2.45) is 0 Å². The second-order valence-electron chi connectivity index (χ2n) is 5.53. The highest BCUT2D eigenvalue weighted by Gasteiger charge is 1.96. The van der Waals surface area contributed by atoms with Gasteiger partial charge in [-0.2, -0.15) is 0 Å². The first kappa shape index (κ1) is 20.4. The lowest BCUT2D eigenvalue weighted by molar-refractivity contribution is -0.117. The molecule has 0 radical (unpaired) electrons. The minimum absolute atomic E-state index is 0.0796. The summed E-state index contributed by atoms with van der Waals surface area (Å²) in [5.74, 6) is -0.159. The molecule has 0 heterocycles. The third-order valence-corrected chi connectivity index (χ3v) is 3.57. The highest BCUT2D eigenvalue weighted by atomic mass is 16.2. The van der Waals surface area contributed by atoms with E-state index in [-0.39, 0.29) is 11.8 Å². The molecule has 0 aromatic heterocycles. The molecule has 0 fully saturated rings. The third-order valence-electron chi connectivity index (χ3n) is 3.57. The topological polar surface area (TPSA) is 58.2 Å². The van der Waals surface area contributed by atoms with E-state index in [2.05, 4.69) is 23.8 Å². The lowest BCUT2D eigenvalue weighted by Gasteiger charge is -2.04. The van der Waals surface area contributed by atoms with E-state index in [0.717, 1.165) is 25.9 Å². The lowest BCUT2D eigenvalue weighted by Crippen LogP contribution is -2.21. The average Bonchev–Trinajstić information content (AvgIpc) is 2.54. The van der Waals surface area contributed by atoms with E-state index >= 15 is 0 Å². The summed E-state index contributed by atoms with van der Waals surface area (Å²) in [6.07, 6.45) is 14.7. The van der Waals surface area contributed by atoms with Crippen molar-refractivity contribution in [1.29, 1.82) is 0 Å². The van der Waals surface area contributed by atoms with Gasteiger partial charge in [-0.3, -0.25) is 9.59 Å². The largest absolute Gasteiger partial charge is 0.353 e. The third kappa shape index (κ3) is 14.8. The Morgan fingerprint density at radius 2 is 0.864 bits per heavy atom. The van der Waals surface area contributed by atoms with Crippen molar-refractivity contribution in [3.63, 3.8) is 0 Å². The summed E-state index contributed by atoms with van der Waals surface area (Å²) in [6.45, 7) is 8.35. The summed E-state index contributed by atoms with van der Waals surface area (Å²) >= 11 is 0. The van der Waals surface area contributed by atoms with Crippen LogP contribution in [0, 0.1) is 0 Å². The van der Waals surface area contributed by atoms with E-state index < -0.39 is 0 Å². The summed E-state index contributed by atoms with van der Waals surface area (Å²) < 4.78 is 0. The van der Waals surface area contributed by atoms with Crippen LogP contribution in [-0.4, -0.2) is 24.9 Å². The van der Waals surface area contributed by atoms with Crippen LogP contribution in [0.3, 0.4) is 0 Å². The highest BCUT2D eigenvalue weighted by molar-refractivity contribution is 5.87. The molecule has 0 saturated carbocycles. The molecule has 0 saturated heterocycles. The van der Waals surface area contributed by atoms with Gasteiger partial charge in [-0.15, -0.1) is 0 Å². The van der Waals surface area contributed by atoms with Gasteiger partial charge in [0.2, 0.25) is 11.8 Å². The second kappa shape index (κ2) is 15.8. The number of carbonyl (C=O) groups excluding carboxylic acids is 2. The Balaban J connectivity index is 3.08. The number of hydrogen-bond donors (Lipinski definition) is 2. The van der Waals surface area contributed by atoms with Crippen molar-refractivity contribution < 1.29 is 9.59 Å². The molecular formula is C18H32N2O2. The van der Waals surface area contributed by atoms with Crippen LogP contribution in [0.15, 0.2) is 25.3 Å². The molecule has 0 unspecified atom stereocenters. The summed E-state index contributed by atoms with van der Waals surface area (Å²) in [6, 6.07) is 0. The minimum atomic E-state index is -0.0796. The Hall–Kier alpha value is -1.58. The molecule has 2 amide bonds. The first-order chi connectivity index (χ1) is 10.7. The van der Waals surface area contributed by atoms with E-state index in [1.807, 2.05) is 0 Å². The molecule has 0 aliphatic rings. The number of hydrogen-bond acceptors (Lipinski definition) is 2. The van der Waals surface area contributed by atoms with Crippen LogP contribution in [0.5, 0.6) is 0 Å². The van der Waals surface area contributed by atoms with E-state index in [9.17, 15) is 9.59 Å². The summed E-state index contributed by atoms with van der Waals surface area (Å²) in [7, 11) is 0. The zero-order chi connectivity index (χ0) is 16.5. The van der Waals surface area contributed by atoms with E-state index in [1.54, 1.807) is 0 Å². The minimum Gasteiger partial charge on any atom is -0.353 e. The zero-order valence-electron chi connectivity index (χ0n) is 13.9. The van der Waals surface area contributed by atoms with E-state index in [4.69, 9.17) is 0 Å². The van der Waals surface area contributed by atoms with Crippen molar-refractivity contribution in [1.82, 2.24) is 10.6 Å². The van der Waals surface area contributed by atoms with Gasteiger partial charge in [-0.1, -0.05) is 64.5 Å². The van der Waals surface area contributed by atoms with Gasteiger partial charge in [0.25, 0.3) is 0 Å². The molecule has 126 valence electrons. The Morgan fingerprint density at radius 3 is 1.14 bits per heavy atom. The summed E-state index contributed by atoms with van der Waals surface area (Å²) in [4.78, 5) is 21.8. The fraction of sp³-hybridized carbons (Fsp3) is 0.667. The van der Waals surface area contributed by atoms with Crippen molar-refractivity contribution in [2.45, 2.75) is 64.2 Å². The highest BCUT2D eigenvalue weighted by Crippen LogP contribution is 2.10. The Bertz CT molecular complexity index is 295. The average molecular weight is 308 g/mol. The molecule has 22 heavy (non-hydrogen) atoms. The van der Waals surface area contributed by atoms with E-state index in [1.165, 1.54) is 63.5 Å². The molecule has 4 nitrogen and oxygen atoms in total. The Morgan fingerprint density at radius 1 is 0.591 bits per heavy atom. The molecule has 0 aromatic rings. The van der Waals surface area contributed by atoms with Crippen molar-refractivity contribution >= 4 is 11.8 Å². The van der Waals surface area contributed by atoms with Gasteiger partial charge in [-0.05, 0) is 25.0 Å². The van der Waals surface area contributed by atoms with Crippen molar-refractivity contribution in [3.05, 3.63) is 25.3 Å². The van der Waals surface area contributed by atoms with Crippen LogP contribution < -0.4 is 10.6 Å². The molecule has 0 aliphatic heterocycles. The van der Waals surface area contributed by atoms with Crippen molar-refractivity contribution in [3.8, 4) is 0 Å². The molecule has 4 heteroatoms. The van der Waals surface area contributed by atoms with Gasteiger partial charge in [0.05, 0.1) is 0 Å². The standard InChI is InChI=1S/C18H32N2O2/c1-3-17(21)19-15-13-11-9-7-5-6-8-10-12-14-16-20-18(22)4-2/h3-4H,1-2,5-16H2,(H,19,21)(H,20,22). The second-order valence-corrected chi connectivity index (χ2v) is 5.53. The number of nitrogens with one attached hydrogen (secondary N) is 2. The fourth-order valence-electron chi connectivity index (χ4n) is 2.23. The molecule has 0 aliphatic carbocycles. The summed E-state index contributed by atoms with van der Waals surface area (Å²) in [5, 5.41) is 5.58. The van der Waals surface area contributed by atoms with Crippen LogP contribution in [0.1, 0.15) is 64.2 Å². The molecular weight excluding hydrogens is 276 g/mol. The van der Waals surface area contributed by atoms with Gasteiger partial charge in [0.1, 0.15) is 0 Å². The zero-order valence-corrected chi connectivity index (χ0v) is 13.9. The predicted octanol–water partition coefficient (Wildman–Crippen LogP) is 3.49. The van der Waals surface area contributed by atoms with Crippen molar-refractivity contribution in [2.75, 3.05) is 13.1 Å². The summed E-state index contributed by atoms with van der Waals surface area (Å²) in [5.41, 5.74) is 0. The maximum absolute atomic E-state index is 10.9. The van der Waals surface area contributed by atoms with Gasteiger partial charge < -0.3 is 10.6 Å². The molecule has 0 rings (SSSR count). The predicted molar refractivity (Wildman–Crippen MR) is 92.6 cm³/mol.